The lowest BCUT2D eigenvalue weighted by molar-refractivity contribution is -0.0302. The van der Waals surface area contributed by atoms with Crippen molar-refractivity contribution in [3.05, 3.63) is 44.5 Å². The Morgan fingerprint density at radius 1 is 0.927 bits per heavy atom. The number of H-pyrrole nitrogens is 1. The molecular formula is C31H53N5O5. The summed E-state index contributed by atoms with van der Waals surface area (Å²) in [7, 11) is 0. The number of nitrogens with zero attached hydrogens (tertiary/aromatic N) is 4. The second kappa shape index (κ2) is 19.0. The van der Waals surface area contributed by atoms with Crippen LogP contribution in [0, 0.1) is 6.92 Å². The largest absolute Gasteiger partial charge is 0.390 e. The Balaban J connectivity index is 1.17. The fraction of sp³-hybridized carbons (Fsp3) is 0.806. The molecule has 1 aliphatic heterocycles. The number of ether oxygens (including phenoxy) is 2. The minimum absolute atomic E-state index is 0.250. The third-order valence-corrected chi connectivity index (χ3v) is 8.01. The molecule has 1 aliphatic rings. The molecule has 0 aromatic carbocycles. The SMILES string of the molecule is CCCCCCCCCCCCCCCCCCOCc1cn(CC2OC(n3cc(C)c(=O)[nH]c3=O)CC2O)nn1. The lowest BCUT2D eigenvalue weighted by Crippen LogP contribution is -2.33. The third kappa shape index (κ3) is 12.2. The van der Waals surface area contributed by atoms with E-state index in [9.17, 15) is 14.7 Å². The number of unbranched alkanes of at least 4 members (excludes halogenated alkanes) is 15. The maximum Gasteiger partial charge on any atom is 0.330 e. The first-order valence-corrected chi connectivity index (χ1v) is 16.1. The topological polar surface area (TPSA) is 124 Å². The van der Waals surface area contributed by atoms with Crippen LogP contribution in [-0.4, -0.2) is 48.5 Å². The van der Waals surface area contributed by atoms with Crippen LogP contribution in [0.5, 0.6) is 0 Å². The van der Waals surface area contributed by atoms with Crippen molar-refractivity contribution in [3.63, 3.8) is 0 Å². The van der Waals surface area contributed by atoms with Crippen molar-refractivity contribution in [2.75, 3.05) is 6.61 Å². The molecule has 1 saturated heterocycles. The van der Waals surface area contributed by atoms with Crippen molar-refractivity contribution < 1.29 is 14.6 Å². The number of aliphatic hydroxyl groups is 1. The summed E-state index contributed by atoms with van der Waals surface area (Å²) in [5, 5.41) is 18.8. The number of aliphatic hydroxyl groups excluding tert-OH is 1. The van der Waals surface area contributed by atoms with Gasteiger partial charge in [-0.1, -0.05) is 108 Å². The summed E-state index contributed by atoms with van der Waals surface area (Å²) in [4.78, 5) is 26.1. The van der Waals surface area contributed by atoms with Gasteiger partial charge in [-0.05, 0) is 13.3 Å². The lowest BCUT2D eigenvalue weighted by Gasteiger charge is -2.16. The molecule has 1 fully saturated rings. The summed E-state index contributed by atoms with van der Waals surface area (Å²) in [5.41, 5.74) is 0.168. The average Bonchev–Trinajstić information content (AvgIpc) is 3.56. The Kier molecular flexibility index (Phi) is 15.4. The zero-order chi connectivity index (χ0) is 29.3. The van der Waals surface area contributed by atoms with Gasteiger partial charge < -0.3 is 14.6 Å². The van der Waals surface area contributed by atoms with Crippen LogP contribution in [0.2, 0.25) is 0 Å². The van der Waals surface area contributed by atoms with Gasteiger partial charge in [0.25, 0.3) is 5.56 Å². The number of aromatic amines is 1. The van der Waals surface area contributed by atoms with Gasteiger partial charge in [-0.3, -0.25) is 14.3 Å². The minimum atomic E-state index is -0.766. The van der Waals surface area contributed by atoms with Gasteiger partial charge in [-0.15, -0.1) is 5.10 Å². The summed E-state index contributed by atoms with van der Waals surface area (Å²) in [6, 6.07) is 0. The highest BCUT2D eigenvalue weighted by molar-refractivity contribution is 5.02. The van der Waals surface area contributed by atoms with E-state index in [4.69, 9.17) is 9.47 Å². The first-order chi connectivity index (χ1) is 20.0. The molecule has 2 aromatic heterocycles. The van der Waals surface area contributed by atoms with Gasteiger partial charge in [0, 0.05) is 24.8 Å². The number of nitrogens with one attached hydrogen (secondary N) is 1. The number of aromatic nitrogens is 5. The van der Waals surface area contributed by atoms with E-state index in [1.54, 1.807) is 17.8 Å². The molecule has 10 heteroatoms. The van der Waals surface area contributed by atoms with Gasteiger partial charge in [0.05, 0.1) is 25.5 Å². The standard InChI is InChI=1S/C31H53N5O5/c1-3-4-5-6-7-8-9-10-11-12-13-14-15-16-17-18-19-40-24-26-22-35(34-33-26)23-28-27(37)20-29(41-28)36-21-25(2)30(38)32-31(36)39/h21-22,27-29,37H,3-20,23-24H2,1-2H3,(H,32,38,39). The summed E-state index contributed by atoms with van der Waals surface area (Å²) in [6.07, 6.45) is 23.2. The third-order valence-electron chi connectivity index (χ3n) is 8.01. The molecular weight excluding hydrogens is 522 g/mol. The minimum Gasteiger partial charge on any atom is -0.390 e. The Labute approximate surface area is 244 Å². The molecule has 3 heterocycles. The zero-order valence-electron chi connectivity index (χ0n) is 25.4. The van der Waals surface area contributed by atoms with E-state index in [1.165, 1.54) is 107 Å². The number of rotatable bonds is 22. The van der Waals surface area contributed by atoms with Crippen LogP contribution < -0.4 is 11.2 Å². The van der Waals surface area contributed by atoms with E-state index < -0.39 is 29.7 Å². The molecule has 2 aromatic rings. The second-order valence-corrected chi connectivity index (χ2v) is 11.7. The van der Waals surface area contributed by atoms with E-state index in [1.807, 2.05) is 0 Å². The van der Waals surface area contributed by atoms with E-state index >= 15 is 0 Å². The van der Waals surface area contributed by atoms with E-state index in [2.05, 4.69) is 22.2 Å². The van der Waals surface area contributed by atoms with Gasteiger partial charge in [-0.2, -0.15) is 0 Å². The van der Waals surface area contributed by atoms with Gasteiger partial charge in [0.2, 0.25) is 0 Å². The van der Waals surface area contributed by atoms with E-state index in [0.717, 1.165) is 12.1 Å². The lowest BCUT2D eigenvalue weighted by atomic mass is 10.0. The molecule has 0 amide bonds. The van der Waals surface area contributed by atoms with Crippen LogP contribution in [-0.2, 0) is 22.6 Å². The monoisotopic (exact) mass is 575 g/mol. The maximum absolute atomic E-state index is 12.2. The predicted octanol–water partition coefficient (Wildman–Crippen LogP) is 5.56. The average molecular weight is 576 g/mol. The molecule has 3 unspecified atom stereocenters. The van der Waals surface area contributed by atoms with E-state index in [-0.39, 0.29) is 6.42 Å². The quantitative estimate of drug-likeness (QED) is 0.176. The highest BCUT2D eigenvalue weighted by atomic mass is 16.5. The second-order valence-electron chi connectivity index (χ2n) is 11.7. The summed E-state index contributed by atoms with van der Waals surface area (Å²) < 4.78 is 14.7. The Bertz CT molecular complexity index is 1100. The predicted molar refractivity (Wildman–Crippen MR) is 160 cm³/mol. The molecule has 232 valence electrons. The molecule has 0 aliphatic carbocycles. The molecule has 3 atom stereocenters. The Hall–Kier alpha value is -2.30. The summed E-state index contributed by atoms with van der Waals surface area (Å²) in [6.45, 7) is 5.32. The maximum atomic E-state index is 12.2. The first kappa shape index (κ1) is 33.2. The number of hydrogen-bond acceptors (Lipinski definition) is 7. The fourth-order valence-electron chi connectivity index (χ4n) is 5.46. The zero-order valence-corrected chi connectivity index (χ0v) is 25.4. The molecule has 3 rings (SSSR count). The van der Waals surface area contributed by atoms with E-state index in [0.29, 0.717) is 25.3 Å². The first-order valence-electron chi connectivity index (χ1n) is 16.1. The number of aryl methyl sites for hydroxylation is 1. The Morgan fingerprint density at radius 2 is 1.51 bits per heavy atom. The molecule has 2 N–H and O–H groups in total. The van der Waals surface area contributed by atoms with Gasteiger partial charge in [0.1, 0.15) is 18.0 Å². The number of hydrogen-bond donors (Lipinski definition) is 2. The summed E-state index contributed by atoms with van der Waals surface area (Å²) in [5.74, 6) is 0. The van der Waals surface area contributed by atoms with Crippen LogP contribution in [0.15, 0.2) is 22.0 Å². The normalized spacial score (nSPS) is 18.9. The molecule has 0 radical (unpaired) electrons. The van der Waals surface area contributed by atoms with Crippen LogP contribution >= 0.6 is 0 Å². The van der Waals surface area contributed by atoms with Crippen LogP contribution in [0.1, 0.15) is 134 Å². The van der Waals surface area contributed by atoms with Gasteiger partial charge in [0.15, 0.2) is 0 Å². The van der Waals surface area contributed by atoms with Crippen molar-refractivity contribution in [1.82, 2.24) is 24.5 Å². The molecule has 0 spiro atoms. The van der Waals surface area contributed by atoms with Crippen LogP contribution in [0.4, 0.5) is 0 Å². The molecule has 10 nitrogen and oxygen atoms in total. The smallest absolute Gasteiger partial charge is 0.330 e. The highest BCUT2D eigenvalue weighted by Crippen LogP contribution is 2.28. The van der Waals surface area contributed by atoms with Gasteiger partial charge in [-0.25, -0.2) is 9.48 Å². The van der Waals surface area contributed by atoms with Gasteiger partial charge >= 0.3 is 5.69 Å². The Morgan fingerprint density at radius 3 is 2.12 bits per heavy atom. The van der Waals surface area contributed by atoms with Crippen molar-refractivity contribution in [3.8, 4) is 0 Å². The molecule has 0 saturated carbocycles. The fourth-order valence-corrected chi connectivity index (χ4v) is 5.46. The molecule has 0 bridgehead atoms. The van der Waals surface area contributed by atoms with Crippen molar-refractivity contribution in [2.24, 2.45) is 0 Å². The van der Waals surface area contributed by atoms with Crippen molar-refractivity contribution in [1.29, 1.82) is 0 Å². The highest BCUT2D eigenvalue weighted by Gasteiger charge is 2.36. The van der Waals surface area contributed by atoms with Crippen molar-refractivity contribution in [2.45, 2.75) is 155 Å². The van der Waals surface area contributed by atoms with Crippen LogP contribution in [0.25, 0.3) is 0 Å². The van der Waals surface area contributed by atoms with Crippen LogP contribution in [0.3, 0.4) is 0 Å². The van der Waals surface area contributed by atoms with Crippen molar-refractivity contribution >= 4 is 0 Å². The molecule has 41 heavy (non-hydrogen) atoms. The summed E-state index contributed by atoms with van der Waals surface area (Å²) >= 11 is 0.